The molecule has 0 bridgehead atoms. The van der Waals surface area contributed by atoms with Crippen LogP contribution < -0.4 is 20.7 Å². The van der Waals surface area contributed by atoms with Crippen molar-refractivity contribution in [3.63, 3.8) is 0 Å². The molecule has 3 rings (SSSR count). The fourth-order valence-corrected chi connectivity index (χ4v) is 3.19. The smallest absolute Gasteiger partial charge is 0.253 e. The number of nitrogens with zero attached hydrogens (tertiary/aromatic N) is 2. The van der Waals surface area contributed by atoms with Crippen molar-refractivity contribution in [2.45, 2.75) is 19.4 Å². The van der Waals surface area contributed by atoms with Gasteiger partial charge in [-0.25, -0.2) is 4.98 Å². The van der Waals surface area contributed by atoms with Gasteiger partial charge in [0, 0.05) is 37.6 Å². The topological polar surface area (TPSA) is 97.5 Å². The number of amides is 2. The van der Waals surface area contributed by atoms with Crippen LogP contribution in [0.1, 0.15) is 28.8 Å². The normalized spacial score (nSPS) is 16.6. The van der Waals surface area contributed by atoms with Gasteiger partial charge in [-0.05, 0) is 36.6 Å². The molecule has 27 heavy (non-hydrogen) atoms. The highest BCUT2D eigenvalue weighted by Gasteiger charge is 2.24. The number of carbonyl (C=O) groups excluding carboxylic acids is 2. The molecule has 0 radical (unpaired) electrons. The molecule has 0 saturated carbocycles. The molecule has 1 aliphatic rings. The summed E-state index contributed by atoms with van der Waals surface area (Å²) in [6, 6.07) is 11.3. The Morgan fingerprint density at radius 1 is 1.26 bits per heavy atom. The molecule has 2 heterocycles. The lowest BCUT2D eigenvalue weighted by Crippen LogP contribution is -2.41. The van der Waals surface area contributed by atoms with Gasteiger partial charge in [-0.1, -0.05) is 12.1 Å². The van der Waals surface area contributed by atoms with Crippen LogP contribution in [-0.4, -0.2) is 37.0 Å². The molecule has 1 atom stereocenters. The average molecular weight is 368 g/mol. The van der Waals surface area contributed by atoms with Crippen molar-refractivity contribution in [3.05, 3.63) is 53.7 Å². The van der Waals surface area contributed by atoms with Crippen LogP contribution in [0.3, 0.4) is 0 Å². The van der Waals surface area contributed by atoms with E-state index in [1.54, 1.807) is 12.1 Å². The second-order valence-corrected chi connectivity index (χ2v) is 6.63. The van der Waals surface area contributed by atoms with Crippen LogP contribution in [0, 0.1) is 5.92 Å². The first-order chi connectivity index (χ1) is 13.1. The fraction of sp³-hybridized carbons (Fsp3) is 0.350. The Balaban J connectivity index is 1.55. The Labute approximate surface area is 158 Å². The van der Waals surface area contributed by atoms with Crippen LogP contribution in [0.5, 0.6) is 5.88 Å². The molecule has 1 unspecified atom stereocenters. The predicted octanol–water partition coefficient (Wildman–Crippen LogP) is 1.72. The number of piperidine rings is 1. The van der Waals surface area contributed by atoms with Crippen molar-refractivity contribution in [1.82, 2.24) is 10.3 Å². The Hall–Kier alpha value is -3.09. The van der Waals surface area contributed by atoms with Crippen LogP contribution in [0.15, 0.2) is 42.6 Å². The highest BCUT2D eigenvalue weighted by Crippen LogP contribution is 2.23. The summed E-state index contributed by atoms with van der Waals surface area (Å²) in [7, 11) is 1.53. The summed E-state index contributed by atoms with van der Waals surface area (Å²) in [6.07, 6.45) is 3.31. The molecular formula is C20H24N4O3. The molecule has 1 aromatic heterocycles. The quantitative estimate of drug-likeness (QED) is 0.809. The van der Waals surface area contributed by atoms with Crippen molar-refractivity contribution in [2.24, 2.45) is 11.7 Å². The van der Waals surface area contributed by atoms with Gasteiger partial charge in [-0.2, -0.15) is 0 Å². The van der Waals surface area contributed by atoms with Crippen LogP contribution in [0.25, 0.3) is 0 Å². The van der Waals surface area contributed by atoms with Crippen molar-refractivity contribution < 1.29 is 14.3 Å². The van der Waals surface area contributed by atoms with Gasteiger partial charge in [0.25, 0.3) is 5.91 Å². The third kappa shape index (κ3) is 4.75. The summed E-state index contributed by atoms with van der Waals surface area (Å²) >= 11 is 0. The maximum Gasteiger partial charge on any atom is 0.253 e. The highest BCUT2D eigenvalue weighted by molar-refractivity contribution is 5.93. The molecule has 1 aromatic carbocycles. The summed E-state index contributed by atoms with van der Waals surface area (Å²) in [5.74, 6) is -0.0316. The van der Waals surface area contributed by atoms with Gasteiger partial charge in [0.1, 0.15) is 0 Å². The summed E-state index contributed by atoms with van der Waals surface area (Å²) in [6.45, 7) is 2.01. The van der Waals surface area contributed by atoms with Gasteiger partial charge in [-0.3, -0.25) is 9.59 Å². The lowest BCUT2D eigenvalue weighted by Gasteiger charge is -2.33. The number of aromatic nitrogens is 1. The number of carbonyl (C=O) groups is 2. The number of pyridine rings is 1. The molecule has 2 aromatic rings. The predicted molar refractivity (Wildman–Crippen MR) is 103 cm³/mol. The van der Waals surface area contributed by atoms with Crippen molar-refractivity contribution >= 4 is 17.5 Å². The third-order valence-electron chi connectivity index (χ3n) is 4.79. The largest absolute Gasteiger partial charge is 0.481 e. The van der Waals surface area contributed by atoms with Gasteiger partial charge in [-0.15, -0.1) is 0 Å². The number of ether oxygens (including phenoxy) is 1. The Morgan fingerprint density at radius 2 is 2.04 bits per heavy atom. The van der Waals surface area contributed by atoms with Crippen molar-refractivity contribution in [2.75, 3.05) is 25.1 Å². The maximum atomic E-state index is 12.2. The number of nitrogens with two attached hydrogens (primary N) is 1. The first-order valence-corrected chi connectivity index (χ1v) is 8.98. The number of anilines is 1. The van der Waals surface area contributed by atoms with Crippen LogP contribution in [-0.2, 0) is 11.3 Å². The van der Waals surface area contributed by atoms with Crippen LogP contribution in [0.2, 0.25) is 0 Å². The van der Waals surface area contributed by atoms with E-state index in [9.17, 15) is 9.59 Å². The van der Waals surface area contributed by atoms with E-state index in [1.165, 1.54) is 13.3 Å². The minimum Gasteiger partial charge on any atom is -0.481 e. The molecule has 7 nitrogen and oxygen atoms in total. The van der Waals surface area contributed by atoms with E-state index < -0.39 is 0 Å². The number of methoxy groups -OCH3 is 1. The van der Waals surface area contributed by atoms with Crippen molar-refractivity contribution in [3.8, 4) is 5.88 Å². The first-order valence-electron chi connectivity index (χ1n) is 8.98. The number of hydrogen-bond donors (Lipinski definition) is 2. The number of benzene rings is 1. The zero-order valence-corrected chi connectivity index (χ0v) is 15.4. The van der Waals surface area contributed by atoms with E-state index in [-0.39, 0.29) is 17.7 Å². The Bertz CT molecular complexity index is 790. The second-order valence-electron chi connectivity index (χ2n) is 6.63. The monoisotopic (exact) mass is 368 g/mol. The molecule has 142 valence electrons. The lowest BCUT2D eigenvalue weighted by molar-refractivity contribution is -0.122. The van der Waals surface area contributed by atoms with Gasteiger partial charge in [0.05, 0.1) is 18.6 Å². The zero-order valence-electron chi connectivity index (χ0n) is 15.4. The van der Waals surface area contributed by atoms with Crippen LogP contribution in [0.4, 0.5) is 5.69 Å². The molecule has 2 amide bonds. The third-order valence-corrected chi connectivity index (χ3v) is 4.79. The molecule has 1 saturated heterocycles. The van der Waals surface area contributed by atoms with Gasteiger partial charge in [0.2, 0.25) is 11.8 Å². The molecule has 0 spiro atoms. The molecule has 3 N–H and O–H groups in total. The van der Waals surface area contributed by atoms with Gasteiger partial charge >= 0.3 is 0 Å². The standard InChI is InChI=1S/C20H24N4O3/c1-27-18-9-6-15(12-22-18)20(26)23-11-14-4-7-17(8-5-14)24-10-2-3-16(13-24)19(21)25/h4-9,12,16H,2-3,10-11,13H2,1H3,(H2,21,25)(H,23,26). The van der Waals surface area contributed by atoms with E-state index in [1.807, 2.05) is 24.3 Å². The van der Waals surface area contributed by atoms with E-state index in [0.29, 0.717) is 24.5 Å². The molecule has 1 aliphatic heterocycles. The van der Waals surface area contributed by atoms with Crippen molar-refractivity contribution in [1.29, 1.82) is 0 Å². The van der Waals surface area contributed by atoms with E-state index in [4.69, 9.17) is 10.5 Å². The molecular weight excluding hydrogens is 344 g/mol. The summed E-state index contributed by atoms with van der Waals surface area (Å²) in [4.78, 5) is 29.8. The maximum absolute atomic E-state index is 12.2. The van der Waals surface area contributed by atoms with Gasteiger partial charge < -0.3 is 20.7 Å². The SMILES string of the molecule is COc1ccc(C(=O)NCc2ccc(N3CCCC(C(N)=O)C3)cc2)cn1. The fourth-order valence-electron chi connectivity index (χ4n) is 3.19. The number of primary amides is 1. The number of nitrogens with one attached hydrogen (secondary N) is 1. The molecule has 0 aliphatic carbocycles. The van der Waals surface area contributed by atoms with Crippen LogP contribution >= 0.6 is 0 Å². The molecule has 1 fully saturated rings. The lowest BCUT2D eigenvalue weighted by atomic mass is 9.97. The summed E-state index contributed by atoms with van der Waals surface area (Å²) in [5.41, 5.74) is 7.99. The Morgan fingerprint density at radius 3 is 2.67 bits per heavy atom. The highest BCUT2D eigenvalue weighted by atomic mass is 16.5. The second kappa shape index (κ2) is 8.53. The van der Waals surface area contributed by atoms with E-state index >= 15 is 0 Å². The Kier molecular flexibility index (Phi) is 5.90. The molecule has 7 heteroatoms. The van der Waals surface area contributed by atoms with E-state index in [0.717, 1.165) is 30.6 Å². The average Bonchev–Trinajstić information content (AvgIpc) is 2.72. The van der Waals surface area contributed by atoms with E-state index in [2.05, 4.69) is 15.2 Å². The van der Waals surface area contributed by atoms with Gasteiger partial charge in [0.15, 0.2) is 0 Å². The summed E-state index contributed by atoms with van der Waals surface area (Å²) in [5, 5.41) is 2.88. The minimum atomic E-state index is -0.230. The summed E-state index contributed by atoms with van der Waals surface area (Å²) < 4.78 is 4.99. The number of rotatable bonds is 6. The zero-order chi connectivity index (χ0) is 19.2. The number of hydrogen-bond acceptors (Lipinski definition) is 5. The minimum absolute atomic E-state index is 0.0872. The first kappa shape index (κ1) is 18.7.